The molecule has 4 nitrogen and oxygen atoms in total. The van der Waals surface area contributed by atoms with E-state index in [1.165, 1.54) is 6.20 Å². The molecule has 0 heterocycles. The molecule has 0 saturated carbocycles. The first-order chi connectivity index (χ1) is 9.42. The molecule has 0 unspecified atom stereocenters. The number of nitrogens with zero attached hydrogens (tertiary/aromatic N) is 1. The Bertz CT molecular complexity index is 507. The van der Waals surface area contributed by atoms with E-state index in [-0.39, 0.29) is 17.0 Å². The third-order valence-electron chi connectivity index (χ3n) is 2.56. The molecule has 0 fully saturated rings. The molecule has 20 heavy (non-hydrogen) atoms. The lowest BCUT2D eigenvalue weighted by Gasteiger charge is -2.18. The van der Waals surface area contributed by atoms with Gasteiger partial charge >= 0.3 is 0 Å². The second kappa shape index (κ2) is 7.34. The van der Waals surface area contributed by atoms with E-state index in [0.717, 1.165) is 12.0 Å². The summed E-state index contributed by atoms with van der Waals surface area (Å²) in [5.74, 6) is -0.347. The van der Waals surface area contributed by atoms with Gasteiger partial charge < -0.3 is 10.6 Å². The summed E-state index contributed by atoms with van der Waals surface area (Å²) in [6.45, 7) is 6.40. The maximum atomic E-state index is 11.8. The maximum absolute atomic E-state index is 11.8. The number of carbonyl (C=O) groups is 1. The molecule has 106 valence electrons. The van der Waals surface area contributed by atoms with Gasteiger partial charge in [0.1, 0.15) is 11.6 Å². The van der Waals surface area contributed by atoms with E-state index in [2.05, 4.69) is 10.6 Å². The SMILES string of the molecule is CC(C)(C)N/C=C(/C#N)C(=O)NCCc1ccccc1. The molecule has 0 aliphatic carbocycles. The second-order valence-corrected chi connectivity index (χ2v) is 5.56. The van der Waals surface area contributed by atoms with Crippen molar-refractivity contribution in [2.45, 2.75) is 32.7 Å². The first kappa shape index (κ1) is 15.8. The van der Waals surface area contributed by atoms with Gasteiger partial charge in [-0.2, -0.15) is 5.26 Å². The van der Waals surface area contributed by atoms with Crippen LogP contribution in [0.4, 0.5) is 0 Å². The molecular formula is C16H21N3O. The highest BCUT2D eigenvalue weighted by atomic mass is 16.1. The minimum atomic E-state index is -0.347. The fourth-order valence-electron chi connectivity index (χ4n) is 1.50. The Morgan fingerprint density at radius 1 is 1.30 bits per heavy atom. The van der Waals surface area contributed by atoms with E-state index < -0.39 is 0 Å². The van der Waals surface area contributed by atoms with Gasteiger partial charge in [0.05, 0.1) is 0 Å². The van der Waals surface area contributed by atoms with Crippen molar-refractivity contribution in [2.75, 3.05) is 6.54 Å². The first-order valence-corrected chi connectivity index (χ1v) is 6.62. The van der Waals surface area contributed by atoms with Crippen LogP contribution in [0.3, 0.4) is 0 Å². The van der Waals surface area contributed by atoms with E-state index in [0.29, 0.717) is 6.54 Å². The summed E-state index contributed by atoms with van der Waals surface area (Å²) < 4.78 is 0. The van der Waals surface area contributed by atoms with Gasteiger partial charge in [0.15, 0.2) is 0 Å². The van der Waals surface area contributed by atoms with Gasteiger partial charge in [-0.15, -0.1) is 0 Å². The Labute approximate surface area is 120 Å². The maximum Gasteiger partial charge on any atom is 0.263 e. The Morgan fingerprint density at radius 2 is 1.95 bits per heavy atom. The Kier molecular flexibility index (Phi) is 5.79. The molecule has 0 aromatic heterocycles. The lowest BCUT2D eigenvalue weighted by atomic mass is 10.1. The normalized spacial score (nSPS) is 11.6. The molecule has 0 spiro atoms. The minimum Gasteiger partial charge on any atom is -0.385 e. The average Bonchev–Trinajstić information content (AvgIpc) is 2.39. The number of amides is 1. The summed E-state index contributed by atoms with van der Waals surface area (Å²) in [5, 5.41) is 14.8. The molecule has 0 atom stereocenters. The summed E-state index contributed by atoms with van der Waals surface area (Å²) in [6, 6.07) is 11.8. The standard InChI is InChI=1S/C16H21N3O/c1-16(2,3)19-12-14(11-17)15(20)18-10-9-13-7-5-4-6-8-13/h4-8,12,19H,9-10H2,1-3H3,(H,18,20)/b14-12-. The number of nitrogens with one attached hydrogen (secondary N) is 2. The van der Waals surface area contributed by atoms with Crippen molar-refractivity contribution in [3.05, 3.63) is 47.7 Å². The molecule has 1 rings (SSSR count). The van der Waals surface area contributed by atoms with Gasteiger partial charge in [-0.25, -0.2) is 0 Å². The van der Waals surface area contributed by atoms with Crippen molar-refractivity contribution in [3.8, 4) is 6.07 Å². The van der Waals surface area contributed by atoms with E-state index >= 15 is 0 Å². The zero-order chi connectivity index (χ0) is 15.0. The summed E-state index contributed by atoms with van der Waals surface area (Å²) in [6.07, 6.45) is 2.22. The third-order valence-corrected chi connectivity index (χ3v) is 2.56. The van der Waals surface area contributed by atoms with Crippen molar-refractivity contribution in [1.29, 1.82) is 5.26 Å². The fraction of sp³-hybridized carbons (Fsp3) is 0.375. The smallest absolute Gasteiger partial charge is 0.263 e. The number of rotatable bonds is 5. The van der Waals surface area contributed by atoms with Crippen LogP contribution in [0.25, 0.3) is 0 Å². The molecule has 0 aliphatic heterocycles. The third kappa shape index (κ3) is 6.05. The summed E-state index contributed by atoms with van der Waals surface area (Å²) in [7, 11) is 0. The van der Waals surface area contributed by atoms with Crippen molar-refractivity contribution in [3.63, 3.8) is 0 Å². The minimum absolute atomic E-state index is 0.0907. The first-order valence-electron chi connectivity index (χ1n) is 6.62. The molecular weight excluding hydrogens is 250 g/mol. The lowest BCUT2D eigenvalue weighted by Crippen LogP contribution is -2.33. The number of hydrogen-bond donors (Lipinski definition) is 2. The van der Waals surface area contributed by atoms with Gasteiger partial charge in [0, 0.05) is 18.3 Å². The lowest BCUT2D eigenvalue weighted by molar-refractivity contribution is -0.117. The van der Waals surface area contributed by atoms with Crippen LogP contribution in [-0.2, 0) is 11.2 Å². The van der Waals surface area contributed by atoms with Gasteiger partial charge in [-0.3, -0.25) is 4.79 Å². The van der Waals surface area contributed by atoms with Crippen LogP contribution < -0.4 is 10.6 Å². The predicted octanol–water partition coefficient (Wildman–Crippen LogP) is 2.14. The molecule has 1 aromatic carbocycles. The Hall–Kier alpha value is -2.28. The van der Waals surface area contributed by atoms with Crippen molar-refractivity contribution in [2.24, 2.45) is 0 Å². The largest absolute Gasteiger partial charge is 0.385 e. The van der Waals surface area contributed by atoms with Crippen LogP contribution in [0, 0.1) is 11.3 Å². The van der Waals surface area contributed by atoms with Crippen LogP contribution in [0.2, 0.25) is 0 Å². The molecule has 0 saturated heterocycles. The summed E-state index contributed by atoms with van der Waals surface area (Å²) in [4.78, 5) is 11.8. The average molecular weight is 271 g/mol. The van der Waals surface area contributed by atoms with E-state index in [9.17, 15) is 4.79 Å². The van der Waals surface area contributed by atoms with E-state index in [1.54, 1.807) is 0 Å². The fourth-order valence-corrected chi connectivity index (χ4v) is 1.50. The van der Waals surface area contributed by atoms with Gasteiger partial charge in [-0.05, 0) is 32.8 Å². The quantitative estimate of drug-likeness (QED) is 0.637. The Balaban J connectivity index is 2.47. The van der Waals surface area contributed by atoms with Crippen LogP contribution in [0.5, 0.6) is 0 Å². The zero-order valence-electron chi connectivity index (χ0n) is 12.2. The van der Waals surface area contributed by atoms with Gasteiger partial charge in [0.25, 0.3) is 5.91 Å². The van der Waals surface area contributed by atoms with Crippen molar-refractivity contribution < 1.29 is 4.79 Å². The van der Waals surface area contributed by atoms with Crippen LogP contribution in [0.15, 0.2) is 42.1 Å². The highest BCUT2D eigenvalue weighted by molar-refractivity contribution is 5.97. The topological polar surface area (TPSA) is 64.9 Å². The molecule has 1 aromatic rings. The van der Waals surface area contributed by atoms with Gasteiger partial charge in [-0.1, -0.05) is 30.3 Å². The predicted molar refractivity (Wildman–Crippen MR) is 79.7 cm³/mol. The summed E-state index contributed by atoms with van der Waals surface area (Å²) in [5.41, 5.74) is 1.07. The molecule has 0 bridgehead atoms. The molecule has 0 radical (unpaired) electrons. The van der Waals surface area contributed by atoms with Crippen LogP contribution in [-0.4, -0.2) is 18.0 Å². The van der Waals surface area contributed by atoms with Gasteiger partial charge in [0.2, 0.25) is 0 Å². The van der Waals surface area contributed by atoms with Crippen molar-refractivity contribution >= 4 is 5.91 Å². The van der Waals surface area contributed by atoms with Crippen LogP contribution >= 0.6 is 0 Å². The monoisotopic (exact) mass is 271 g/mol. The van der Waals surface area contributed by atoms with E-state index in [1.807, 2.05) is 57.2 Å². The van der Waals surface area contributed by atoms with E-state index in [4.69, 9.17) is 5.26 Å². The Morgan fingerprint density at radius 3 is 2.50 bits per heavy atom. The number of nitriles is 1. The highest BCUT2D eigenvalue weighted by Crippen LogP contribution is 2.01. The number of carbonyl (C=O) groups excluding carboxylic acids is 1. The molecule has 1 amide bonds. The molecule has 4 heteroatoms. The number of hydrogen-bond acceptors (Lipinski definition) is 3. The summed E-state index contributed by atoms with van der Waals surface area (Å²) >= 11 is 0. The van der Waals surface area contributed by atoms with Crippen molar-refractivity contribution in [1.82, 2.24) is 10.6 Å². The zero-order valence-corrected chi connectivity index (χ0v) is 12.2. The van der Waals surface area contributed by atoms with Crippen LogP contribution in [0.1, 0.15) is 26.3 Å². The molecule has 2 N–H and O–H groups in total. The number of benzene rings is 1. The highest BCUT2D eigenvalue weighted by Gasteiger charge is 2.11. The second-order valence-electron chi connectivity index (χ2n) is 5.56. The molecule has 0 aliphatic rings.